The van der Waals surface area contributed by atoms with Crippen molar-refractivity contribution in [1.29, 1.82) is 0 Å². The Morgan fingerprint density at radius 3 is 2.71 bits per heavy atom. The molecule has 0 saturated heterocycles. The van der Waals surface area contributed by atoms with Crippen LogP contribution in [0.25, 0.3) is 0 Å². The third-order valence-electron chi connectivity index (χ3n) is 2.93. The molecule has 1 aliphatic heterocycles. The van der Waals surface area contributed by atoms with Crippen LogP contribution in [-0.2, 0) is 4.79 Å². The van der Waals surface area contributed by atoms with Gasteiger partial charge in [0.05, 0.1) is 17.9 Å². The average molecular weight is 297 g/mol. The second kappa shape index (κ2) is 4.69. The van der Waals surface area contributed by atoms with Gasteiger partial charge in [0.2, 0.25) is 5.91 Å². The summed E-state index contributed by atoms with van der Waals surface area (Å²) in [5.41, 5.74) is 2.13. The lowest BCUT2D eigenvalue weighted by molar-refractivity contribution is -0.117. The summed E-state index contributed by atoms with van der Waals surface area (Å²) in [5.74, 6) is 0.693. The molecular formula is C13H17BrN2O. The van der Waals surface area contributed by atoms with Gasteiger partial charge in [-0.05, 0) is 24.1 Å². The molecule has 0 unspecified atom stereocenters. The summed E-state index contributed by atoms with van der Waals surface area (Å²) >= 11 is 3.49. The Morgan fingerprint density at radius 1 is 1.35 bits per heavy atom. The first-order valence-corrected chi connectivity index (χ1v) is 6.59. The van der Waals surface area contributed by atoms with Gasteiger partial charge in [0.25, 0.3) is 0 Å². The minimum Gasteiger partial charge on any atom is -0.360 e. The normalized spacial score (nSPS) is 15.5. The van der Waals surface area contributed by atoms with Gasteiger partial charge in [0, 0.05) is 18.1 Å². The SMILES string of the molecule is CC(C)CN1CC(=O)N(C)c2ccc(Br)cc21. The largest absolute Gasteiger partial charge is 0.360 e. The second-order valence-corrected chi connectivity index (χ2v) is 5.78. The molecule has 0 radical (unpaired) electrons. The summed E-state index contributed by atoms with van der Waals surface area (Å²) < 4.78 is 1.05. The molecule has 1 heterocycles. The molecule has 3 nitrogen and oxygen atoms in total. The fourth-order valence-electron chi connectivity index (χ4n) is 2.13. The topological polar surface area (TPSA) is 23.6 Å². The molecule has 0 saturated carbocycles. The van der Waals surface area contributed by atoms with Crippen LogP contribution in [0.2, 0.25) is 0 Å². The Kier molecular flexibility index (Phi) is 3.43. The van der Waals surface area contributed by atoms with Crippen molar-refractivity contribution in [1.82, 2.24) is 0 Å². The van der Waals surface area contributed by atoms with E-state index >= 15 is 0 Å². The van der Waals surface area contributed by atoms with Crippen LogP contribution in [0.4, 0.5) is 11.4 Å². The second-order valence-electron chi connectivity index (χ2n) is 4.86. The van der Waals surface area contributed by atoms with Crippen molar-refractivity contribution in [3.05, 3.63) is 22.7 Å². The molecule has 0 bridgehead atoms. The van der Waals surface area contributed by atoms with E-state index in [1.807, 2.05) is 19.2 Å². The molecule has 0 N–H and O–H groups in total. The minimum absolute atomic E-state index is 0.153. The number of anilines is 2. The van der Waals surface area contributed by atoms with Crippen molar-refractivity contribution < 1.29 is 4.79 Å². The summed E-state index contributed by atoms with van der Waals surface area (Å²) in [6.07, 6.45) is 0. The number of likely N-dealkylation sites (N-methyl/N-ethyl adjacent to an activating group) is 1. The van der Waals surface area contributed by atoms with Crippen LogP contribution >= 0.6 is 15.9 Å². The molecule has 0 aromatic heterocycles. The van der Waals surface area contributed by atoms with E-state index in [2.05, 4.69) is 40.7 Å². The van der Waals surface area contributed by atoms with Gasteiger partial charge in [-0.2, -0.15) is 0 Å². The van der Waals surface area contributed by atoms with Gasteiger partial charge in [-0.25, -0.2) is 0 Å². The molecule has 4 heteroatoms. The van der Waals surface area contributed by atoms with E-state index in [9.17, 15) is 4.79 Å². The number of rotatable bonds is 2. The highest BCUT2D eigenvalue weighted by molar-refractivity contribution is 9.10. The first-order chi connectivity index (χ1) is 7.99. The summed E-state index contributed by atoms with van der Waals surface area (Å²) in [6.45, 7) is 5.71. The highest BCUT2D eigenvalue weighted by Gasteiger charge is 2.26. The first kappa shape index (κ1) is 12.4. The monoisotopic (exact) mass is 296 g/mol. The van der Waals surface area contributed by atoms with E-state index in [4.69, 9.17) is 0 Å². The van der Waals surface area contributed by atoms with Gasteiger partial charge in [-0.1, -0.05) is 29.8 Å². The smallest absolute Gasteiger partial charge is 0.246 e. The van der Waals surface area contributed by atoms with Crippen molar-refractivity contribution in [3.63, 3.8) is 0 Å². The number of hydrogen-bond donors (Lipinski definition) is 0. The molecule has 0 atom stereocenters. The van der Waals surface area contributed by atoms with Crippen LogP contribution in [-0.4, -0.2) is 26.0 Å². The molecule has 1 aromatic rings. The van der Waals surface area contributed by atoms with Gasteiger partial charge in [0.15, 0.2) is 0 Å². The predicted molar refractivity (Wildman–Crippen MR) is 74.6 cm³/mol. The van der Waals surface area contributed by atoms with Crippen LogP contribution < -0.4 is 9.80 Å². The van der Waals surface area contributed by atoms with Crippen molar-refractivity contribution in [2.75, 3.05) is 29.9 Å². The molecule has 92 valence electrons. The van der Waals surface area contributed by atoms with E-state index in [1.54, 1.807) is 4.90 Å². The zero-order chi connectivity index (χ0) is 12.6. The molecular weight excluding hydrogens is 280 g/mol. The number of halogens is 1. The average Bonchev–Trinajstić information content (AvgIpc) is 2.25. The Hall–Kier alpha value is -1.03. The van der Waals surface area contributed by atoms with Crippen LogP contribution in [0.1, 0.15) is 13.8 Å². The number of carbonyl (C=O) groups is 1. The quantitative estimate of drug-likeness (QED) is 0.838. The van der Waals surface area contributed by atoms with Gasteiger partial charge in [-0.3, -0.25) is 4.79 Å². The Morgan fingerprint density at radius 2 is 2.06 bits per heavy atom. The third-order valence-corrected chi connectivity index (χ3v) is 3.42. The number of nitrogens with zero attached hydrogens (tertiary/aromatic N) is 2. The molecule has 0 spiro atoms. The van der Waals surface area contributed by atoms with E-state index < -0.39 is 0 Å². The maximum atomic E-state index is 11.9. The van der Waals surface area contributed by atoms with Gasteiger partial charge in [-0.15, -0.1) is 0 Å². The van der Waals surface area contributed by atoms with Gasteiger partial charge >= 0.3 is 0 Å². The highest BCUT2D eigenvalue weighted by Crippen LogP contribution is 2.35. The maximum Gasteiger partial charge on any atom is 0.246 e. The zero-order valence-corrected chi connectivity index (χ0v) is 12.0. The molecule has 1 amide bonds. The Bertz CT molecular complexity index is 445. The minimum atomic E-state index is 0.153. The molecule has 0 aliphatic carbocycles. The summed E-state index contributed by atoms with van der Waals surface area (Å²) in [4.78, 5) is 15.8. The first-order valence-electron chi connectivity index (χ1n) is 5.80. The highest BCUT2D eigenvalue weighted by atomic mass is 79.9. The number of hydrogen-bond acceptors (Lipinski definition) is 2. The van der Waals surface area contributed by atoms with Crippen LogP contribution in [0.5, 0.6) is 0 Å². The fraction of sp³-hybridized carbons (Fsp3) is 0.462. The van der Waals surface area contributed by atoms with Gasteiger partial charge < -0.3 is 9.80 Å². The molecule has 2 rings (SSSR count). The van der Waals surface area contributed by atoms with E-state index in [1.165, 1.54) is 0 Å². The van der Waals surface area contributed by atoms with Crippen molar-refractivity contribution in [3.8, 4) is 0 Å². The molecule has 17 heavy (non-hydrogen) atoms. The summed E-state index contributed by atoms with van der Waals surface area (Å²) in [5, 5.41) is 0. The fourth-order valence-corrected chi connectivity index (χ4v) is 2.48. The van der Waals surface area contributed by atoms with Crippen LogP contribution in [0, 0.1) is 5.92 Å². The van der Waals surface area contributed by atoms with Crippen molar-refractivity contribution in [2.45, 2.75) is 13.8 Å². The lowest BCUT2D eigenvalue weighted by Crippen LogP contribution is -2.45. The maximum absolute atomic E-state index is 11.9. The predicted octanol–water partition coefficient (Wildman–Crippen LogP) is 2.89. The summed E-state index contributed by atoms with van der Waals surface area (Å²) in [6, 6.07) is 6.05. The zero-order valence-electron chi connectivity index (χ0n) is 10.4. The van der Waals surface area contributed by atoms with Crippen LogP contribution in [0.15, 0.2) is 22.7 Å². The van der Waals surface area contributed by atoms with Crippen molar-refractivity contribution >= 4 is 33.2 Å². The molecule has 1 aromatic carbocycles. The number of carbonyl (C=O) groups excluding carboxylic acids is 1. The van der Waals surface area contributed by atoms with E-state index in [0.29, 0.717) is 12.5 Å². The lowest BCUT2D eigenvalue weighted by atomic mass is 10.1. The van der Waals surface area contributed by atoms with Crippen LogP contribution in [0.3, 0.4) is 0 Å². The third kappa shape index (κ3) is 2.46. The number of benzene rings is 1. The molecule has 0 fully saturated rings. The number of fused-ring (bicyclic) bond motifs is 1. The Balaban J connectivity index is 2.42. The number of amides is 1. The van der Waals surface area contributed by atoms with Gasteiger partial charge in [0.1, 0.15) is 0 Å². The molecule has 1 aliphatic rings. The standard InChI is InChI=1S/C13H17BrN2O/c1-9(2)7-16-8-13(17)15(3)11-5-4-10(14)6-12(11)16/h4-6,9H,7-8H2,1-3H3. The summed E-state index contributed by atoms with van der Waals surface area (Å²) in [7, 11) is 1.84. The van der Waals surface area contributed by atoms with E-state index in [-0.39, 0.29) is 5.91 Å². The Labute approximate surface area is 111 Å². The lowest BCUT2D eigenvalue weighted by Gasteiger charge is -2.36. The van der Waals surface area contributed by atoms with Crippen molar-refractivity contribution in [2.24, 2.45) is 5.92 Å². The van der Waals surface area contributed by atoms with E-state index in [0.717, 1.165) is 22.4 Å².